The molecule has 121 valence electrons. The summed E-state index contributed by atoms with van der Waals surface area (Å²) in [5, 5.41) is 0. The van der Waals surface area contributed by atoms with Crippen LogP contribution in [0.3, 0.4) is 0 Å². The van der Waals surface area contributed by atoms with Gasteiger partial charge in [-0.2, -0.15) is 0 Å². The molecule has 0 saturated carbocycles. The molecule has 0 bridgehead atoms. The fourth-order valence-corrected chi connectivity index (χ4v) is 3.23. The van der Waals surface area contributed by atoms with Gasteiger partial charge in [-0.05, 0) is 66.8 Å². The minimum absolute atomic E-state index is 0.618. The molecular weight excluding hydrogens is 290 g/mol. The number of hydrogen-bond acceptors (Lipinski definition) is 1. The van der Waals surface area contributed by atoms with E-state index in [0.29, 0.717) is 5.92 Å². The largest absolute Gasteiger partial charge is 0.264 e. The number of aromatic nitrogens is 1. The third kappa shape index (κ3) is 5.06. The van der Waals surface area contributed by atoms with Crippen LogP contribution in [0.15, 0.2) is 79.1 Å². The highest BCUT2D eigenvalue weighted by atomic mass is 14.6. The minimum Gasteiger partial charge on any atom is -0.264 e. The third-order valence-corrected chi connectivity index (χ3v) is 4.58. The monoisotopic (exact) mass is 314 g/mol. The summed E-state index contributed by atoms with van der Waals surface area (Å²) in [6.45, 7) is 0. The van der Waals surface area contributed by atoms with Gasteiger partial charge in [-0.3, -0.25) is 4.98 Å². The highest BCUT2D eigenvalue weighted by Crippen LogP contribution is 2.27. The number of benzene rings is 2. The molecule has 0 amide bonds. The summed E-state index contributed by atoms with van der Waals surface area (Å²) >= 11 is 0. The first-order chi connectivity index (χ1) is 11.9. The van der Waals surface area contributed by atoms with Crippen LogP contribution in [0.1, 0.15) is 41.9 Å². The lowest BCUT2D eigenvalue weighted by molar-refractivity contribution is 0.552. The molecule has 0 N–H and O–H groups in total. The van der Waals surface area contributed by atoms with Crippen LogP contribution >= 0.6 is 0 Å². The molecule has 1 heterocycles. The van der Waals surface area contributed by atoms with E-state index in [0.717, 1.165) is 12.8 Å². The molecule has 2 aromatic carbocycles. The Kier molecular flexibility index (Phi) is 6.18. The first-order valence-electron chi connectivity index (χ1n) is 8.80. The molecule has 1 atom stereocenters. The van der Waals surface area contributed by atoms with Crippen molar-refractivity contribution in [3.63, 3.8) is 0 Å². The first-order valence-corrected chi connectivity index (χ1v) is 8.80. The number of nitrogens with zero attached hydrogens (tertiary/aromatic N) is 1. The van der Waals surface area contributed by atoms with E-state index in [9.17, 15) is 0 Å². The molecule has 0 fully saturated rings. The molecule has 0 saturated heterocycles. The zero-order valence-corrected chi connectivity index (χ0v) is 14.1. The van der Waals surface area contributed by atoms with Crippen LogP contribution < -0.4 is 0 Å². The van der Waals surface area contributed by atoms with Crippen molar-refractivity contribution < 1.29 is 0 Å². The Labute approximate surface area is 145 Å². The zero-order valence-electron chi connectivity index (χ0n) is 14.1. The summed E-state index contributed by atoms with van der Waals surface area (Å²) in [6, 6.07) is 26.6. The smallest absolute Gasteiger partial charge is 0.0299 e. The second-order valence-corrected chi connectivity index (χ2v) is 6.31. The van der Waals surface area contributed by atoms with Crippen molar-refractivity contribution in [2.24, 2.45) is 0 Å². The number of hydrogen-bond donors (Lipinski definition) is 0. The van der Waals surface area contributed by atoms with Gasteiger partial charge >= 0.3 is 0 Å². The van der Waals surface area contributed by atoms with Gasteiger partial charge in [0.1, 0.15) is 0 Å². The van der Waals surface area contributed by atoms with Crippen LogP contribution in [0, 0.1) is 6.07 Å². The van der Waals surface area contributed by atoms with Crippen LogP contribution in [-0.2, 0) is 12.8 Å². The maximum Gasteiger partial charge on any atom is 0.0299 e. The molecule has 0 aliphatic heterocycles. The Bertz CT molecular complexity index is 692. The van der Waals surface area contributed by atoms with Gasteiger partial charge < -0.3 is 0 Å². The Morgan fingerprint density at radius 2 is 1.62 bits per heavy atom. The average molecular weight is 314 g/mol. The van der Waals surface area contributed by atoms with E-state index in [1.165, 1.54) is 36.0 Å². The second-order valence-electron chi connectivity index (χ2n) is 6.31. The van der Waals surface area contributed by atoms with Crippen LogP contribution in [0.4, 0.5) is 0 Å². The molecule has 1 aromatic heterocycles. The molecule has 1 heteroatoms. The molecule has 1 radical (unpaired) electrons. The Morgan fingerprint density at radius 3 is 2.38 bits per heavy atom. The van der Waals surface area contributed by atoms with Gasteiger partial charge in [0.25, 0.3) is 0 Å². The Balaban J connectivity index is 1.59. The summed E-state index contributed by atoms with van der Waals surface area (Å²) in [7, 11) is 0. The summed E-state index contributed by atoms with van der Waals surface area (Å²) in [5.41, 5.74) is 4.20. The van der Waals surface area contributed by atoms with E-state index in [1.54, 1.807) is 0 Å². The lowest BCUT2D eigenvalue weighted by Crippen LogP contribution is -2.02. The normalized spacial score (nSPS) is 12.0. The average Bonchev–Trinajstić information content (AvgIpc) is 2.67. The maximum absolute atomic E-state index is 4.21. The SMILES string of the molecule is [c]1ccc(CCC(CCCc2cccnc2)c2ccccc2)cc1. The van der Waals surface area contributed by atoms with E-state index in [4.69, 9.17) is 0 Å². The van der Waals surface area contributed by atoms with E-state index >= 15 is 0 Å². The van der Waals surface area contributed by atoms with Gasteiger partial charge in [-0.15, -0.1) is 0 Å². The van der Waals surface area contributed by atoms with Crippen molar-refractivity contribution >= 4 is 0 Å². The summed E-state index contributed by atoms with van der Waals surface area (Å²) in [4.78, 5) is 4.21. The van der Waals surface area contributed by atoms with Gasteiger partial charge in [0.2, 0.25) is 0 Å². The molecule has 1 nitrogen and oxygen atoms in total. The minimum atomic E-state index is 0.618. The molecule has 24 heavy (non-hydrogen) atoms. The van der Waals surface area contributed by atoms with Gasteiger partial charge in [-0.1, -0.05) is 60.7 Å². The quantitative estimate of drug-likeness (QED) is 0.526. The molecule has 3 rings (SSSR count). The van der Waals surface area contributed by atoms with E-state index in [-0.39, 0.29) is 0 Å². The maximum atomic E-state index is 4.21. The lowest BCUT2D eigenvalue weighted by atomic mass is 9.87. The van der Waals surface area contributed by atoms with Crippen molar-refractivity contribution in [2.45, 2.75) is 38.0 Å². The Morgan fingerprint density at radius 1 is 0.792 bits per heavy atom. The second kappa shape index (κ2) is 9.02. The zero-order chi connectivity index (χ0) is 16.5. The third-order valence-electron chi connectivity index (χ3n) is 4.58. The van der Waals surface area contributed by atoms with Crippen molar-refractivity contribution in [2.75, 3.05) is 0 Å². The van der Waals surface area contributed by atoms with Crippen LogP contribution in [-0.4, -0.2) is 4.98 Å². The van der Waals surface area contributed by atoms with Gasteiger partial charge in [0.05, 0.1) is 0 Å². The Hall–Kier alpha value is -2.41. The van der Waals surface area contributed by atoms with Gasteiger partial charge in [0.15, 0.2) is 0 Å². The molecule has 0 aliphatic carbocycles. The molecule has 0 spiro atoms. The molecule has 0 aliphatic rings. The fourth-order valence-electron chi connectivity index (χ4n) is 3.23. The summed E-state index contributed by atoms with van der Waals surface area (Å²) in [6.07, 6.45) is 9.68. The van der Waals surface area contributed by atoms with Gasteiger partial charge in [-0.25, -0.2) is 0 Å². The molecular formula is C23H24N. The van der Waals surface area contributed by atoms with E-state index < -0.39 is 0 Å². The predicted octanol–water partition coefficient (Wildman–Crippen LogP) is 5.62. The summed E-state index contributed by atoms with van der Waals surface area (Å²) < 4.78 is 0. The highest BCUT2D eigenvalue weighted by molar-refractivity contribution is 5.21. The van der Waals surface area contributed by atoms with Crippen LogP contribution in [0.25, 0.3) is 0 Å². The van der Waals surface area contributed by atoms with Crippen molar-refractivity contribution in [3.05, 3.63) is 102 Å². The number of rotatable bonds is 8. The van der Waals surface area contributed by atoms with Crippen molar-refractivity contribution in [3.8, 4) is 0 Å². The van der Waals surface area contributed by atoms with E-state index in [2.05, 4.69) is 59.6 Å². The van der Waals surface area contributed by atoms with Crippen LogP contribution in [0.5, 0.6) is 0 Å². The lowest BCUT2D eigenvalue weighted by Gasteiger charge is -2.17. The predicted molar refractivity (Wildman–Crippen MR) is 100.0 cm³/mol. The number of aryl methyl sites for hydroxylation is 2. The summed E-state index contributed by atoms with van der Waals surface area (Å²) in [5.74, 6) is 0.618. The van der Waals surface area contributed by atoms with Crippen molar-refractivity contribution in [1.29, 1.82) is 0 Å². The number of pyridine rings is 1. The molecule has 1 unspecified atom stereocenters. The standard InChI is InChI=1S/C23H24N/c1-3-9-20(10-4-1)16-17-23(22-13-5-2-6-14-22)15-7-11-21-12-8-18-24-19-21/h2-6,8-10,12-14,18-19,23H,7,11,15-17H2. The fraction of sp³-hybridized carbons (Fsp3) is 0.261. The highest BCUT2D eigenvalue weighted by Gasteiger charge is 2.11. The first kappa shape index (κ1) is 16.4. The topological polar surface area (TPSA) is 12.9 Å². The van der Waals surface area contributed by atoms with Crippen molar-refractivity contribution in [1.82, 2.24) is 4.98 Å². The van der Waals surface area contributed by atoms with Gasteiger partial charge in [0, 0.05) is 12.4 Å². The van der Waals surface area contributed by atoms with Crippen LogP contribution in [0.2, 0.25) is 0 Å². The van der Waals surface area contributed by atoms with E-state index in [1.807, 2.05) is 30.6 Å². The molecule has 3 aromatic rings.